The lowest BCUT2D eigenvalue weighted by Gasteiger charge is -2.29. The van der Waals surface area contributed by atoms with Crippen LogP contribution in [-0.4, -0.2) is 35.4 Å². The van der Waals surface area contributed by atoms with Gasteiger partial charge in [-0.3, -0.25) is 4.90 Å². The van der Waals surface area contributed by atoms with Gasteiger partial charge in [-0.05, 0) is 30.5 Å². The number of hydrogen-bond acceptors (Lipinski definition) is 5. The molecule has 0 spiro atoms. The first-order valence-electron chi connectivity index (χ1n) is 8.62. The van der Waals surface area contributed by atoms with Crippen LogP contribution < -0.4 is 10.1 Å². The van der Waals surface area contributed by atoms with E-state index in [1.54, 1.807) is 13.0 Å². The Bertz CT molecular complexity index is 905. The molecule has 3 heterocycles. The molecule has 1 aromatic heterocycles. The van der Waals surface area contributed by atoms with Crippen molar-refractivity contribution < 1.29 is 23.8 Å². The molecule has 2 aliphatic rings. The Morgan fingerprint density at radius 1 is 1.44 bits per heavy atom. The highest BCUT2D eigenvalue weighted by Crippen LogP contribution is 2.38. The number of fused-ring (bicyclic) bond motifs is 1. The highest BCUT2D eigenvalue weighted by Gasteiger charge is 2.28. The Hall–Kier alpha value is -2.58. The maximum Gasteiger partial charge on any atom is 0.411 e. The Kier molecular flexibility index (Phi) is 4.75. The van der Waals surface area contributed by atoms with Gasteiger partial charge in [-0.2, -0.15) is 0 Å². The molecule has 4 rings (SSSR count). The summed E-state index contributed by atoms with van der Waals surface area (Å²) < 4.78 is 25.1. The van der Waals surface area contributed by atoms with E-state index in [-0.39, 0.29) is 6.10 Å². The van der Waals surface area contributed by atoms with E-state index in [4.69, 9.17) is 9.47 Å². The predicted octanol–water partition coefficient (Wildman–Crippen LogP) is 4.35. The molecule has 1 saturated heterocycles. The zero-order chi connectivity index (χ0) is 19.0. The minimum atomic E-state index is -1.01. The topological polar surface area (TPSA) is 71.0 Å². The third kappa shape index (κ3) is 3.50. The van der Waals surface area contributed by atoms with Crippen LogP contribution in [-0.2, 0) is 11.3 Å². The van der Waals surface area contributed by atoms with Gasteiger partial charge in [-0.1, -0.05) is 0 Å². The molecule has 142 valence electrons. The van der Waals surface area contributed by atoms with Gasteiger partial charge in [0.15, 0.2) is 0 Å². The normalized spacial score (nSPS) is 19.2. The first kappa shape index (κ1) is 17.8. The number of nitrogens with one attached hydrogen (secondary N) is 1. The summed E-state index contributed by atoms with van der Waals surface area (Å²) in [4.78, 5) is 13.9. The number of ether oxygens (including phenoxy) is 2. The summed E-state index contributed by atoms with van der Waals surface area (Å²) in [5, 5.41) is 14.7. The summed E-state index contributed by atoms with van der Waals surface area (Å²) >= 11 is 1.51. The first-order valence-corrected chi connectivity index (χ1v) is 9.50. The van der Waals surface area contributed by atoms with E-state index in [0.29, 0.717) is 42.6 Å². The van der Waals surface area contributed by atoms with Crippen LogP contribution in [0.4, 0.5) is 14.9 Å². The monoisotopic (exact) mass is 390 g/mol. The summed E-state index contributed by atoms with van der Waals surface area (Å²) in [6.45, 7) is 3.18. The molecule has 0 bridgehead atoms. The second-order valence-electron chi connectivity index (χ2n) is 6.46. The molecule has 0 saturated carbocycles. The van der Waals surface area contributed by atoms with Crippen molar-refractivity contribution in [1.29, 1.82) is 0 Å². The lowest BCUT2D eigenvalue weighted by atomic mass is 10.1. The van der Waals surface area contributed by atoms with Gasteiger partial charge >= 0.3 is 6.09 Å². The van der Waals surface area contributed by atoms with Crippen LogP contribution in [0.2, 0.25) is 0 Å². The Labute approximate surface area is 159 Å². The van der Waals surface area contributed by atoms with E-state index >= 15 is 0 Å². The number of halogens is 1. The number of hydrogen-bond donors (Lipinski definition) is 2. The van der Waals surface area contributed by atoms with Crippen LogP contribution in [0.5, 0.6) is 5.75 Å². The van der Waals surface area contributed by atoms with E-state index in [0.717, 1.165) is 16.9 Å². The summed E-state index contributed by atoms with van der Waals surface area (Å²) in [6.07, 6.45) is -0.385. The van der Waals surface area contributed by atoms with Crippen LogP contribution in [0.25, 0.3) is 5.70 Å². The molecule has 2 aromatic rings. The van der Waals surface area contributed by atoms with Gasteiger partial charge in [0.1, 0.15) is 17.7 Å². The van der Waals surface area contributed by atoms with Crippen molar-refractivity contribution >= 4 is 28.8 Å². The molecule has 2 N–H and O–H groups in total. The Balaban J connectivity index is 1.70. The number of nitrogens with zero attached hydrogens (tertiary/aromatic N) is 1. The van der Waals surface area contributed by atoms with E-state index in [1.165, 1.54) is 28.4 Å². The highest BCUT2D eigenvalue weighted by atomic mass is 32.1. The van der Waals surface area contributed by atoms with Crippen molar-refractivity contribution in [2.24, 2.45) is 0 Å². The van der Waals surface area contributed by atoms with Crippen LogP contribution in [0.15, 0.2) is 35.3 Å². The van der Waals surface area contributed by atoms with Crippen molar-refractivity contribution in [1.82, 2.24) is 4.90 Å². The standard InChI is InChI=1S/C19H19FN2O4S/c1-11-18(14-5-7-27-17(14)9-22(11)19(23)24)21-15-3-2-12(20)8-16(15)26-13-4-6-25-10-13/h2-3,5,7-8,13,21H,4,6,9-10H2,1H3,(H,23,24)/t13-/m1/s1. The maximum absolute atomic E-state index is 13.8. The minimum absolute atomic E-state index is 0.124. The SMILES string of the molecule is CC1=C(Nc2ccc(F)cc2O[C@@H]2CCOC2)c2ccsc2CN1C(=O)O. The second kappa shape index (κ2) is 7.21. The smallest absolute Gasteiger partial charge is 0.411 e. The number of allylic oxidation sites excluding steroid dienone is 1. The average molecular weight is 390 g/mol. The van der Waals surface area contributed by atoms with E-state index in [1.807, 2.05) is 11.4 Å². The summed E-state index contributed by atoms with van der Waals surface area (Å²) in [6, 6.07) is 6.25. The van der Waals surface area contributed by atoms with E-state index in [9.17, 15) is 14.3 Å². The maximum atomic E-state index is 13.8. The molecular formula is C19H19FN2O4S. The van der Waals surface area contributed by atoms with Crippen molar-refractivity contribution in [3.63, 3.8) is 0 Å². The number of carboxylic acid groups (broad SMARTS) is 1. The van der Waals surface area contributed by atoms with E-state index < -0.39 is 11.9 Å². The van der Waals surface area contributed by atoms with Crippen molar-refractivity contribution in [2.45, 2.75) is 26.0 Å². The molecule has 0 unspecified atom stereocenters. The molecule has 2 aliphatic heterocycles. The fourth-order valence-electron chi connectivity index (χ4n) is 3.26. The zero-order valence-electron chi connectivity index (χ0n) is 14.7. The average Bonchev–Trinajstić information content (AvgIpc) is 3.30. The van der Waals surface area contributed by atoms with Gasteiger partial charge in [0.05, 0.1) is 31.1 Å². The predicted molar refractivity (Wildman–Crippen MR) is 100 cm³/mol. The highest BCUT2D eigenvalue weighted by molar-refractivity contribution is 7.10. The summed E-state index contributed by atoms with van der Waals surface area (Å²) in [7, 11) is 0. The van der Waals surface area contributed by atoms with Crippen LogP contribution in [0, 0.1) is 5.82 Å². The van der Waals surface area contributed by atoms with E-state index in [2.05, 4.69) is 5.32 Å². The largest absolute Gasteiger partial charge is 0.486 e. The lowest BCUT2D eigenvalue weighted by molar-refractivity contribution is 0.141. The van der Waals surface area contributed by atoms with Crippen LogP contribution >= 0.6 is 11.3 Å². The third-order valence-corrected chi connectivity index (χ3v) is 5.60. The van der Waals surface area contributed by atoms with Crippen LogP contribution in [0.1, 0.15) is 23.8 Å². The molecule has 1 aromatic carbocycles. The third-order valence-electron chi connectivity index (χ3n) is 4.70. The fraction of sp³-hybridized carbons (Fsp3) is 0.316. The molecule has 1 fully saturated rings. The van der Waals surface area contributed by atoms with Gasteiger partial charge in [-0.15, -0.1) is 11.3 Å². The van der Waals surface area contributed by atoms with Crippen molar-refractivity contribution in [2.75, 3.05) is 18.5 Å². The number of carbonyl (C=O) groups is 1. The minimum Gasteiger partial charge on any atom is -0.486 e. The van der Waals surface area contributed by atoms with Gasteiger partial charge in [0.2, 0.25) is 0 Å². The van der Waals surface area contributed by atoms with Gasteiger partial charge in [0.25, 0.3) is 0 Å². The number of thiophene rings is 1. The zero-order valence-corrected chi connectivity index (χ0v) is 15.5. The molecule has 0 aliphatic carbocycles. The summed E-state index contributed by atoms with van der Waals surface area (Å²) in [5.41, 5.74) is 2.81. The molecule has 27 heavy (non-hydrogen) atoms. The molecular weight excluding hydrogens is 371 g/mol. The quantitative estimate of drug-likeness (QED) is 0.812. The second-order valence-corrected chi connectivity index (χ2v) is 7.46. The molecule has 1 amide bonds. The Morgan fingerprint density at radius 3 is 3.04 bits per heavy atom. The molecule has 1 atom stereocenters. The van der Waals surface area contributed by atoms with Gasteiger partial charge in [-0.25, -0.2) is 9.18 Å². The molecule has 6 nitrogen and oxygen atoms in total. The van der Waals surface area contributed by atoms with Crippen molar-refractivity contribution in [3.8, 4) is 5.75 Å². The molecule has 8 heteroatoms. The lowest BCUT2D eigenvalue weighted by Crippen LogP contribution is -2.31. The summed E-state index contributed by atoms with van der Waals surface area (Å²) in [5.74, 6) is -0.0118. The number of amides is 1. The van der Waals surface area contributed by atoms with Gasteiger partial charge in [0, 0.05) is 28.6 Å². The Morgan fingerprint density at radius 2 is 2.30 bits per heavy atom. The number of benzene rings is 1. The van der Waals surface area contributed by atoms with Gasteiger partial charge < -0.3 is 19.9 Å². The van der Waals surface area contributed by atoms with Crippen molar-refractivity contribution in [3.05, 3.63) is 51.6 Å². The number of rotatable bonds is 4. The number of anilines is 1. The molecule has 0 radical (unpaired) electrons. The van der Waals surface area contributed by atoms with Crippen LogP contribution in [0.3, 0.4) is 0 Å². The first-order chi connectivity index (χ1) is 13.0. The fourth-order valence-corrected chi connectivity index (χ4v) is 4.13.